The third-order valence-corrected chi connectivity index (χ3v) is 3.05. The zero-order valence-electron chi connectivity index (χ0n) is 10.8. The van der Waals surface area contributed by atoms with Crippen molar-refractivity contribution in [3.8, 4) is 16.9 Å². The van der Waals surface area contributed by atoms with Gasteiger partial charge in [0.15, 0.2) is 5.65 Å². The number of amides is 1. The second kappa shape index (κ2) is 4.65. The lowest BCUT2D eigenvalue weighted by molar-refractivity contribution is 0.100. The van der Waals surface area contributed by atoms with E-state index in [2.05, 4.69) is 10.1 Å². The molecule has 6 heteroatoms. The van der Waals surface area contributed by atoms with Crippen LogP contribution in [0.25, 0.3) is 16.8 Å². The van der Waals surface area contributed by atoms with E-state index in [-0.39, 0.29) is 0 Å². The maximum atomic E-state index is 11.2. The first-order valence-corrected chi connectivity index (χ1v) is 5.96. The minimum absolute atomic E-state index is 0.311. The van der Waals surface area contributed by atoms with Gasteiger partial charge in [-0.25, -0.2) is 9.50 Å². The zero-order valence-corrected chi connectivity index (χ0v) is 10.8. The van der Waals surface area contributed by atoms with Gasteiger partial charge in [0.2, 0.25) is 0 Å². The largest absolute Gasteiger partial charge is 0.497 e. The van der Waals surface area contributed by atoms with Gasteiger partial charge in [0.25, 0.3) is 5.91 Å². The summed E-state index contributed by atoms with van der Waals surface area (Å²) in [6.07, 6.45) is 4.91. The summed E-state index contributed by atoms with van der Waals surface area (Å²) in [4.78, 5) is 15.5. The van der Waals surface area contributed by atoms with Gasteiger partial charge in [-0.2, -0.15) is 5.10 Å². The number of fused-ring (bicyclic) bond motifs is 1. The van der Waals surface area contributed by atoms with Crippen molar-refractivity contribution < 1.29 is 9.53 Å². The van der Waals surface area contributed by atoms with Gasteiger partial charge in [0, 0.05) is 18.0 Å². The fourth-order valence-corrected chi connectivity index (χ4v) is 1.98. The van der Waals surface area contributed by atoms with Crippen LogP contribution in [-0.2, 0) is 0 Å². The Morgan fingerprint density at radius 2 is 1.95 bits per heavy atom. The molecule has 0 bridgehead atoms. The molecule has 6 nitrogen and oxygen atoms in total. The molecule has 2 heterocycles. The van der Waals surface area contributed by atoms with Crippen LogP contribution in [0.15, 0.2) is 42.9 Å². The minimum atomic E-state index is -0.537. The number of carbonyl (C=O) groups is 1. The number of methoxy groups -OCH3 is 1. The van der Waals surface area contributed by atoms with Crippen molar-refractivity contribution >= 4 is 11.6 Å². The van der Waals surface area contributed by atoms with Crippen molar-refractivity contribution in [2.24, 2.45) is 5.73 Å². The highest BCUT2D eigenvalue weighted by molar-refractivity contribution is 5.98. The van der Waals surface area contributed by atoms with E-state index in [1.54, 1.807) is 24.0 Å². The highest BCUT2D eigenvalue weighted by Gasteiger charge is 2.11. The molecule has 0 unspecified atom stereocenters. The number of benzene rings is 1. The van der Waals surface area contributed by atoms with Crippen LogP contribution in [0.5, 0.6) is 5.75 Å². The maximum Gasteiger partial charge on any atom is 0.254 e. The Morgan fingerprint density at radius 3 is 2.60 bits per heavy atom. The van der Waals surface area contributed by atoms with E-state index >= 15 is 0 Å². The van der Waals surface area contributed by atoms with Gasteiger partial charge in [-0.05, 0) is 17.7 Å². The zero-order chi connectivity index (χ0) is 14.1. The molecular formula is C14H12N4O2. The monoisotopic (exact) mass is 268 g/mol. The molecule has 0 saturated heterocycles. The summed E-state index contributed by atoms with van der Waals surface area (Å²) >= 11 is 0. The molecule has 2 N–H and O–H groups in total. The summed E-state index contributed by atoms with van der Waals surface area (Å²) < 4.78 is 6.66. The Labute approximate surface area is 114 Å². The van der Waals surface area contributed by atoms with Crippen LogP contribution in [0.1, 0.15) is 10.4 Å². The SMILES string of the molecule is COc1ccc(-c2cnc3c(C(N)=O)cnn3c2)cc1. The molecule has 0 aliphatic rings. The van der Waals surface area contributed by atoms with Crippen LogP contribution < -0.4 is 10.5 Å². The molecule has 3 aromatic rings. The number of aromatic nitrogens is 3. The van der Waals surface area contributed by atoms with Crippen LogP contribution in [0.4, 0.5) is 0 Å². The smallest absolute Gasteiger partial charge is 0.254 e. The Bertz CT molecular complexity index is 777. The number of rotatable bonds is 3. The van der Waals surface area contributed by atoms with Crippen molar-refractivity contribution in [3.63, 3.8) is 0 Å². The molecule has 1 aromatic carbocycles. The highest BCUT2D eigenvalue weighted by Crippen LogP contribution is 2.22. The van der Waals surface area contributed by atoms with Crippen LogP contribution in [0.3, 0.4) is 0 Å². The highest BCUT2D eigenvalue weighted by atomic mass is 16.5. The van der Waals surface area contributed by atoms with Crippen molar-refractivity contribution in [2.75, 3.05) is 7.11 Å². The molecular weight excluding hydrogens is 256 g/mol. The Hall–Kier alpha value is -2.89. The predicted molar refractivity (Wildman–Crippen MR) is 73.5 cm³/mol. The van der Waals surface area contributed by atoms with Crippen molar-refractivity contribution in [1.82, 2.24) is 14.6 Å². The molecule has 0 fully saturated rings. The average Bonchev–Trinajstić information content (AvgIpc) is 2.90. The molecule has 0 spiro atoms. The molecule has 0 aliphatic heterocycles. The number of nitrogens with zero attached hydrogens (tertiary/aromatic N) is 3. The van der Waals surface area contributed by atoms with Gasteiger partial charge in [-0.3, -0.25) is 4.79 Å². The average molecular weight is 268 g/mol. The van der Waals surface area contributed by atoms with Crippen molar-refractivity contribution in [2.45, 2.75) is 0 Å². The molecule has 2 aromatic heterocycles. The van der Waals surface area contributed by atoms with Gasteiger partial charge in [0.05, 0.1) is 13.3 Å². The molecule has 3 rings (SSSR count). The molecule has 0 saturated carbocycles. The number of carbonyl (C=O) groups excluding carboxylic acids is 1. The molecule has 20 heavy (non-hydrogen) atoms. The first-order chi connectivity index (χ1) is 9.69. The lowest BCUT2D eigenvalue weighted by Gasteiger charge is -2.04. The van der Waals surface area contributed by atoms with Gasteiger partial charge >= 0.3 is 0 Å². The Morgan fingerprint density at radius 1 is 1.20 bits per heavy atom. The third kappa shape index (κ3) is 1.97. The number of hydrogen-bond acceptors (Lipinski definition) is 4. The Kier molecular flexibility index (Phi) is 2.83. The van der Waals surface area contributed by atoms with Crippen LogP contribution in [0, 0.1) is 0 Å². The van der Waals surface area contributed by atoms with Crippen molar-refractivity contribution in [3.05, 3.63) is 48.4 Å². The van der Waals surface area contributed by atoms with E-state index in [9.17, 15) is 4.79 Å². The van der Waals surface area contributed by atoms with E-state index < -0.39 is 5.91 Å². The fourth-order valence-electron chi connectivity index (χ4n) is 1.98. The number of ether oxygens (including phenoxy) is 1. The summed E-state index contributed by atoms with van der Waals surface area (Å²) in [6, 6.07) is 7.61. The van der Waals surface area contributed by atoms with E-state index in [1.807, 2.05) is 24.3 Å². The first-order valence-electron chi connectivity index (χ1n) is 5.96. The normalized spacial score (nSPS) is 10.7. The molecule has 0 atom stereocenters. The molecule has 1 amide bonds. The first kappa shape index (κ1) is 12.2. The van der Waals surface area contributed by atoms with E-state index in [4.69, 9.17) is 10.5 Å². The van der Waals surface area contributed by atoms with Crippen LogP contribution in [-0.4, -0.2) is 27.6 Å². The summed E-state index contributed by atoms with van der Waals surface area (Å²) in [5.74, 6) is 0.252. The number of nitrogens with two attached hydrogens (primary N) is 1. The second-order valence-corrected chi connectivity index (χ2v) is 4.26. The van der Waals surface area contributed by atoms with Gasteiger partial charge in [0.1, 0.15) is 11.3 Å². The minimum Gasteiger partial charge on any atom is -0.497 e. The summed E-state index contributed by atoms with van der Waals surface area (Å²) in [6.45, 7) is 0. The van der Waals surface area contributed by atoms with Crippen LogP contribution >= 0.6 is 0 Å². The predicted octanol–water partition coefficient (Wildman–Crippen LogP) is 1.50. The lowest BCUT2D eigenvalue weighted by atomic mass is 10.1. The third-order valence-electron chi connectivity index (χ3n) is 3.05. The van der Waals surface area contributed by atoms with Gasteiger partial charge in [-0.1, -0.05) is 12.1 Å². The van der Waals surface area contributed by atoms with E-state index in [0.717, 1.165) is 16.9 Å². The Balaban J connectivity index is 2.06. The molecule has 0 radical (unpaired) electrons. The second-order valence-electron chi connectivity index (χ2n) is 4.26. The van der Waals surface area contributed by atoms with E-state index in [0.29, 0.717) is 11.2 Å². The molecule has 0 aliphatic carbocycles. The quantitative estimate of drug-likeness (QED) is 0.780. The summed E-state index contributed by atoms with van der Waals surface area (Å²) in [5.41, 5.74) is 7.90. The van der Waals surface area contributed by atoms with Crippen molar-refractivity contribution in [1.29, 1.82) is 0 Å². The van der Waals surface area contributed by atoms with Crippen LogP contribution in [0.2, 0.25) is 0 Å². The summed E-state index contributed by atoms with van der Waals surface area (Å²) in [7, 11) is 1.62. The van der Waals surface area contributed by atoms with Gasteiger partial charge < -0.3 is 10.5 Å². The lowest BCUT2D eigenvalue weighted by Crippen LogP contribution is -2.10. The topological polar surface area (TPSA) is 82.5 Å². The fraction of sp³-hybridized carbons (Fsp3) is 0.0714. The molecule has 100 valence electrons. The maximum absolute atomic E-state index is 11.2. The van der Waals surface area contributed by atoms with Gasteiger partial charge in [-0.15, -0.1) is 0 Å². The number of hydrogen-bond donors (Lipinski definition) is 1. The number of primary amides is 1. The standard InChI is InChI=1S/C14H12N4O2/c1-20-11-4-2-9(3-5-11)10-6-16-14-12(13(15)19)7-17-18(14)8-10/h2-8H,1H3,(H2,15,19). The summed E-state index contributed by atoms with van der Waals surface area (Å²) in [5, 5.41) is 4.09. The van der Waals surface area contributed by atoms with E-state index in [1.165, 1.54) is 6.20 Å².